The van der Waals surface area contributed by atoms with E-state index in [0.717, 1.165) is 23.2 Å². The van der Waals surface area contributed by atoms with Crippen LogP contribution < -0.4 is 5.32 Å². The van der Waals surface area contributed by atoms with Gasteiger partial charge in [0, 0.05) is 12.1 Å². The zero-order valence-electron chi connectivity index (χ0n) is 14.1. The molecule has 0 bridgehead atoms. The molecule has 0 amide bonds. The van der Waals surface area contributed by atoms with E-state index in [1.807, 2.05) is 0 Å². The smallest absolute Gasteiger partial charge is 0.358 e. The van der Waals surface area contributed by atoms with Crippen molar-refractivity contribution in [2.75, 3.05) is 11.6 Å². The molecule has 0 saturated carbocycles. The van der Waals surface area contributed by atoms with E-state index in [4.69, 9.17) is 11.6 Å². The first-order valence-electron chi connectivity index (χ1n) is 7.51. The van der Waals surface area contributed by atoms with Crippen molar-refractivity contribution >= 4 is 35.0 Å². The summed E-state index contributed by atoms with van der Waals surface area (Å²) in [6, 6.07) is -1.38. The molecule has 150 valence electrons. The molecule has 1 aromatic carbocycles. The number of fused-ring (bicyclic) bond motifs is 1. The third-order valence-corrected chi connectivity index (χ3v) is 4.52. The maximum absolute atomic E-state index is 14.3. The molecule has 0 fully saturated rings. The topological polar surface area (TPSA) is 55.1 Å². The summed E-state index contributed by atoms with van der Waals surface area (Å²) in [5.41, 5.74) is -1.39. The van der Waals surface area contributed by atoms with Gasteiger partial charge in [-0.25, -0.2) is 13.2 Å². The minimum atomic E-state index is -4.69. The van der Waals surface area contributed by atoms with Crippen molar-refractivity contribution < 1.29 is 26.3 Å². The number of rotatable bonds is 4. The number of thioether (sulfide) groups is 1. The van der Waals surface area contributed by atoms with E-state index in [9.17, 15) is 26.3 Å². The molecule has 2 aromatic heterocycles. The van der Waals surface area contributed by atoms with Gasteiger partial charge in [-0.15, -0.1) is 5.10 Å². The van der Waals surface area contributed by atoms with Crippen molar-refractivity contribution in [1.82, 2.24) is 19.6 Å². The van der Waals surface area contributed by atoms with Crippen LogP contribution in [-0.4, -0.2) is 38.1 Å². The molecule has 2 heterocycles. The van der Waals surface area contributed by atoms with Gasteiger partial charge in [-0.1, -0.05) is 23.4 Å². The summed E-state index contributed by atoms with van der Waals surface area (Å²) in [7, 11) is 0. The lowest BCUT2D eigenvalue weighted by atomic mass is 10.1. The largest absolute Gasteiger partial charge is 0.408 e. The summed E-state index contributed by atoms with van der Waals surface area (Å²) in [4.78, 5) is 7.81. The summed E-state index contributed by atoms with van der Waals surface area (Å²) in [5.74, 6) is -4.61. The lowest BCUT2D eigenvalue weighted by Gasteiger charge is -2.21. The number of hydrogen-bond donors (Lipinski definition) is 1. The van der Waals surface area contributed by atoms with Gasteiger partial charge in [0.25, 0.3) is 5.78 Å². The van der Waals surface area contributed by atoms with Crippen LogP contribution in [0.25, 0.3) is 16.9 Å². The zero-order chi connectivity index (χ0) is 20.8. The van der Waals surface area contributed by atoms with Crippen LogP contribution in [0.5, 0.6) is 0 Å². The Hall–Kier alpha value is -2.21. The fourth-order valence-electron chi connectivity index (χ4n) is 2.36. The van der Waals surface area contributed by atoms with E-state index in [1.54, 1.807) is 6.26 Å². The van der Waals surface area contributed by atoms with Crippen molar-refractivity contribution in [2.45, 2.75) is 24.3 Å². The van der Waals surface area contributed by atoms with Gasteiger partial charge >= 0.3 is 6.18 Å². The predicted molar refractivity (Wildman–Crippen MR) is 92.0 cm³/mol. The summed E-state index contributed by atoms with van der Waals surface area (Å²) in [6.45, 7) is 0.799. The highest BCUT2D eigenvalue weighted by atomic mass is 35.5. The van der Waals surface area contributed by atoms with Crippen molar-refractivity contribution in [2.24, 2.45) is 0 Å². The van der Waals surface area contributed by atoms with Crippen LogP contribution in [0.2, 0.25) is 5.15 Å². The average molecular weight is 442 g/mol. The monoisotopic (exact) mass is 441 g/mol. The maximum Gasteiger partial charge on any atom is 0.408 e. The summed E-state index contributed by atoms with van der Waals surface area (Å²) in [5, 5.41) is 5.69. The lowest BCUT2D eigenvalue weighted by Crippen LogP contribution is -2.34. The van der Waals surface area contributed by atoms with Crippen molar-refractivity contribution in [1.29, 1.82) is 0 Å². The van der Waals surface area contributed by atoms with E-state index in [2.05, 4.69) is 20.4 Å². The summed E-state index contributed by atoms with van der Waals surface area (Å²) >= 11 is 7.10. The van der Waals surface area contributed by atoms with Gasteiger partial charge < -0.3 is 5.32 Å². The van der Waals surface area contributed by atoms with Crippen molar-refractivity contribution in [3.8, 4) is 11.1 Å². The number of nitrogens with zero attached hydrogens (tertiary/aromatic N) is 4. The quantitative estimate of drug-likeness (QED) is 0.353. The molecule has 1 atom stereocenters. The highest BCUT2D eigenvalue weighted by Crippen LogP contribution is 2.39. The van der Waals surface area contributed by atoms with Crippen LogP contribution >= 0.6 is 23.4 Å². The molecule has 0 aliphatic rings. The van der Waals surface area contributed by atoms with Crippen LogP contribution in [0.3, 0.4) is 0 Å². The van der Waals surface area contributed by atoms with E-state index < -0.39 is 51.8 Å². The second-order valence-electron chi connectivity index (χ2n) is 5.59. The van der Waals surface area contributed by atoms with Gasteiger partial charge in [0.15, 0.2) is 0 Å². The number of aromatic nitrogens is 4. The third kappa shape index (κ3) is 3.70. The summed E-state index contributed by atoms with van der Waals surface area (Å²) in [6.07, 6.45) is -3.08. The van der Waals surface area contributed by atoms with Gasteiger partial charge in [-0.2, -0.15) is 27.7 Å². The molecule has 28 heavy (non-hydrogen) atoms. The van der Waals surface area contributed by atoms with E-state index in [-0.39, 0.29) is 10.9 Å². The normalized spacial score (nSPS) is 13.2. The first kappa shape index (κ1) is 20.5. The molecule has 3 rings (SSSR count). The Labute approximate surface area is 163 Å². The highest BCUT2D eigenvalue weighted by molar-refractivity contribution is 7.98. The van der Waals surface area contributed by atoms with Crippen LogP contribution in [0, 0.1) is 17.5 Å². The van der Waals surface area contributed by atoms with Gasteiger partial charge in [0.1, 0.15) is 34.5 Å². The zero-order valence-corrected chi connectivity index (χ0v) is 15.6. The Morgan fingerprint density at radius 2 is 1.71 bits per heavy atom. The van der Waals surface area contributed by atoms with Crippen LogP contribution in [0.1, 0.15) is 6.92 Å². The molecule has 13 heteroatoms. The standard InChI is InChI=1S/C15H10ClF6N5S/c1-5(15(20,21)22)23-12-10(9-7(18)3-6(17)4-8(9)19)11(16)24-13-25-14(28-2)26-27(12)13/h3-5,23H,1-2H3/t5-/m0/s1. The summed E-state index contributed by atoms with van der Waals surface area (Å²) < 4.78 is 82.1. The Bertz CT molecular complexity index is 1030. The lowest BCUT2D eigenvalue weighted by molar-refractivity contribution is -0.138. The van der Waals surface area contributed by atoms with E-state index in [1.165, 1.54) is 0 Å². The minimum Gasteiger partial charge on any atom is -0.358 e. The Morgan fingerprint density at radius 3 is 2.25 bits per heavy atom. The average Bonchev–Trinajstić information content (AvgIpc) is 2.98. The molecule has 0 aliphatic carbocycles. The van der Waals surface area contributed by atoms with Crippen molar-refractivity contribution in [3.05, 3.63) is 34.7 Å². The molecule has 0 unspecified atom stereocenters. The van der Waals surface area contributed by atoms with Crippen LogP contribution in [-0.2, 0) is 0 Å². The van der Waals surface area contributed by atoms with Crippen LogP contribution in [0.15, 0.2) is 17.3 Å². The molecule has 0 saturated heterocycles. The molecular weight excluding hydrogens is 432 g/mol. The molecule has 5 nitrogen and oxygen atoms in total. The van der Waals surface area contributed by atoms with Gasteiger partial charge in [0.2, 0.25) is 5.16 Å². The molecule has 0 radical (unpaired) electrons. The van der Waals surface area contributed by atoms with Gasteiger partial charge in [-0.3, -0.25) is 0 Å². The first-order valence-corrected chi connectivity index (χ1v) is 9.11. The Balaban J connectivity index is 2.36. The number of anilines is 1. The van der Waals surface area contributed by atoms with Crippen LogP contribution in [0.4, 0.5) is 32.2 Å². The minimum absolute atomic E-state index is 0.142. The molecule has 0 spiro atoms. The SMILES string of the molecule is CSc1nc2nc(Cl)c(-c3c(F)cc(F)cc3F)c(N[C@@H](C)C(F)(F)F)n2n1. The molecular formula is C15H10ClF6N5S. The second kappa shape index (κ2) is 7.32. The maximum atomic E-state index is 14.3. The van der Waals surface area contributed by atoms with Crippen molar-refractivity contribution in [3.63, 3.8) is 0 Å². The number of halogens is 7. The fraction of sp³-hybridized carbons (Fsp3) is 0.267. The third-order valence-electron chi connectivity index (χ3n) is 3.71. The molecule has 1 N–H and O–H groups in total. The Kier molecular flexibility index (Phi) is 5.36. The molecule has 0 aliphatic heterocycles. The predicted octanol–water partition coefficient (Wildman–Crippen LogP) is 4.95. The first-order chi connectivity index (χ1) is 13.0. The van der Waals surface area contributed by atoms with Gasteiger partial charge in [0.05, 0.1) is 11.1 Å². The number of hydrogen-bond acceptors (Lipinski definition) is 5. The highest BCUT2D eigenvalue weighted by Gasteiger charge is 2.38. The molecule has 3 aromatic rings. The van der Waals surface area contributed by atoms with Gasteiger partial charge in [-0.05, 0) is 13.2 Å². The van der Waals surface area contributed by atoms with E-state index >= 15 is 0 Å². The number of alkyl halides is 3. The number of benzene rings is 1. The fourth-order valence-corrected chi connectivity index (χ4v) is 2.96. The second-order valence-corrected chi connectivity index (χ2v) is 6.72. The Morgan fingerprint density at radius 1 is 1.11 bits per heavy atom. The number of nitrogens with one attached hydrogen (secondary N) is 1. The van der Waals surface area contributed by atoms with E-state index in [0.29, 0.717) is 12.1 Å².